The number of hydrogen-bond acceptors (Lipinski definition) is 9. The van der Waals surface area contributed by atoms with Gasteiger partial charge in [0, 0.05) is 30.5 Å². The number of carbonyl (C=O) groups is 2. The van der Waals surface area contributed by atoms with E-state index in [2.05, 4.69) is 62.9 Å². The number of fused-ring (bicyclic) bond motifs is 1. The summed E-state index contributed by atoms with van der Waals surface area (Å²) >= 11 is 0. The minimum Gasteiger partial charge on any atom is -0.495 e. The maximum absolute atomic E-state index is 14.6. The minimum atomic E-state index is -0.678. The monoisotopic (exact) mass is 744 g/mol. The van der Waals surface area contributed by atoms with Crippen molar-refractivity contribution in [2.24, 2.45) is 23.2 Å². The first-order chi connectivity index (χ1) is 25.9. The van der Waals surface area contributed by atoms with Crippen LogP contribution in [-0.2, 0) is 14.2 Å². The summed E-state index contributed by atoms with van der Waals surface area (Å²) in [7, 11) is 1.61. The molecule has 54 heavy (non-hydrogen) atoms. The van der Waals surface area contributed by atoms with Gasteiger partial charge in [-0.05, 0) is 69.1 Å². The smallest absolute Gasteiger partial charge is 0.415 e. The molecule has 1 aliphatic heterocycles. The van der Waals surface area contributed by atoms with Crippen LogP contribution in [0.25, 0.3) is 21.9 Å². The SMILES string of the molecule is [C-]#[N+]c1c(C(=O)OC2C(C=C(C)C)CC(C)CC2C(C)(C)C)c2nc(-c3ccc(OC)c(NCOC4CCCCC4)c3)[nH]n2c1OC(=O)N1CCOCC1. The third-order valence-corrected chi connectivity index (χ3v) is 10.9. The van der Waals surface area contributed by atoms with Crippen LogP contribution >= 0.6 is 0 Å². The molecule has 4 atom stereocenters. The molecular weight excluding hydrogens is 688 g/mol. The van der Waals surface area contributed by atoms with Gasteiger partial charge in [0.1, 0.15) is 24.1 Å². The number of ether oxygens (including phenoxy) is 5. The lowest BCUT2D eigenvalue weighted by molar-refractivity contribution is -0.0535. The highest BCUT2D eigenvalue weighted by Crippen LogP contribution is 2.47. The molecule has 0 radical (unpaired) electrons. The molecule has 2 aromatic heterocycles. The Labute approximate surface area is 318 Å². The highest BCUT2D eigenvalue weighted by molar-refractivity contribution is 6.05. The van der Waals surface area contributed by atoms with Crippen LogP contribution in [0.2, 0.25) is 0 Å². The molecule has 3 heterocycles. The summed E-state index contributed by atoms with van der Waals surface area (Å²) in [6.07, 6.45) is 8.86. The molecule has 3 fully saturated rings. The molecule has 4 unspecified atom stereocenters. The lowest BCUT2D eigenvalue weighted by Crippen LogP contribution is -2.45. The van der Waals surface area contributed by atoms with Crippen molar-refractivity contribution in [3.8, 4) is 23.0 Å². The number of carbonyl (C=O) groups excluding carboxylic acids is 2. The summed E-state index contributed by atoms with van der Waals surface area (Å²) in [5.41, 5.74) is 2.33. The number of methoxy groups -OCH3 is 1. The third kappa shape index (κ3) is 8.71. The average Bonchev–Trinajstić information content (AvgIpc) is 3.70. The maximum atomic E-state index is 14.6. The van der Waals surface area contributed by atoms with Crippen molar-refractivity contribution in [1.82, 2.24) is 19.5 Å². The number of nitrogens with zero attached hydrogens (tertiary/aromatic N) is 4. The van der Waals surface area contributed by atoms with Crippen molar-refractivity contribution >= 4 is 29.1 Å². The molecule has 13 nitrogen and oxygen atoms in total. The van der Waals surface area contributed by atoms with Gasteiger partial charge in [-0.3, -0.25) is 5.10 Å². The molecule has 6 rings (SSSR count). The summed E-state index contributed by atoms with van der Waals surface area (Å²) in [5.74, 6) is 0.740. The molecule has 13 heteroatoms. The van der Waals surface area contributed by atoms with Crippen LogP contribution in [0, 0.1) is 29.7 Å². The Morgan fingerprint density at radius 3 is 2.54 bits per heavy atom. The molecule has 1 saturated heterocycles. The molecule has 2 N–H and O–H groups in total. The number of nitrogens with one attached hydrogen (secondary N) is 2. The normalized spacial score (nSPS) is 22.4. The van der Waals surface area contributed by atoms with E-state index in [-0.39, 0.29) is 46.1 Å². The van der Waals surface area contributed by atoms with Crippen molar-refractivity contribution in [2.75, 3.05) is 45.5 Å². The Hall–Kier alpha value is -4.54. The summed E-state index contributed by atoms with van der Waals surface area (Å²) in [4.78, 5) is 38.2. The van der Waals surface area contributed by atoms with E-state index in [1.54, 1.807) is 7.11 Å². The Morgan fingerprint density at radius 1 is 1.13 bits per heavy atom. The number of aromatic amines is 1. The Bertz CT molecular complexity index is 1870. The standard InChI is InChI=1S/C41H56N6O7/c1-25(2)20-28-21-26(3)22-30(41(4,5)6)35(28)53-39(48)33-34(42-7)38(54-40(49)46-16-18-51-19-17-46)47-37(33)44-36(45-47)27-14-15-32(50-8)31(23-27)43-24-52-29-12-10-9-11-13-29/h14-15,20,23,26,28-30,35,43H,9-13,16-19,21-22,24H2,1-6,8H3,(H,44,45). The van der Waals surface area contributed by atoms with Crippen molar-refractivity contribution in [1.29, 1.82) is 0 Å². The molecule has 3 aromatic rings. The number of anilines is 1. The van der Waals surface area contributed by atoms with Crippen LogP contribution in [0.15, 0.2) is 29.8 Å². The van der Waals surface area contributed by atoms with Gasteiger partial charge in [0.15, 0.2) is 11.5 Å². The molecule has 1 aromatic carbocycles. The van der Waals surface area contributed by atoms with Crippen LogP contribution in [0.4, 0.5) is 16.2 Å². The fraction of sp³-hybridized carbons (Fsp3) is 0.610. The predicted octanol–water partition coefficient (Wildman–Crippen LogP) is 8.64. The number of benzene rings is 1. The molecule has 2 aliphatic carbocycles. The Balaban J connectivity index is 1.39. The van der Waals surface area contributed by atoms with Crippen LogP contribution in [0.1, 0.15) is 96.8 Å². The van der Waals surface area contributed by atoms with E-state index in [0.717, 1.165) is 31.3 Å². The molecule has 0 spiro atoms. The summed E-state index contributed by atoms with van der Waals surface area (Å²) in [5, 5.41) is 6.57. The number of amides is 1. The fourth-order valence-electron chi connectivity index (χ4n) is 8.19. The van der Waals surface area contributed by atoms with Gasteiger partial charge in [-0.1, -0.05) is 58.6 Å². The van der Waals surface area contributed by atoms with Crippen molar-refractivity contribution in [2.45, 2.75) is 98.7 Å². The van der Waals surface area contributed by atoms with E-state index in [4.69, 9.17) is 35.2 Å². The van der Waals surface area contributed by atoms with E-state index in [1.165, 1.54) is 28.7 Å². The largest absolute Gasteiger partial charge is 0.495 e. The number of esters is 1. The molecule has 3 aliphatic rings. The van der Waals surface area contributed by atoms with E-state index in [0.29, 0.717) is 61.8 Å². The third-order valence-electron chi connectivity index (χ3n) is 10.9. The first kappa shape index (κ1) is 39.2. The second-order valence-electron chi connectivity index (χ2n) is 16.3. The number of hydrogen-bond donors (Lipinski definition) is 2. The van der Waals surface area contributed by atoms with Gasteiger partial charge in [0.2, 0.25) is 5.88 Å². The van der Waals surface area contributed by atoms with Crippen LogP contribution < -0.4 is 14.8 Å². The number of allylic oxidation sites excluding steroid dienone is 1. The van der Waals surface area contributed by atoms with Gasteiger partial charge in [-0.15, -0.1) is 0 Å². The highest BCUT2D eigenvalue weighted by Gasteiger charge is 2.44. The van der Waals surface area contributed by atoms with E-state index >= 15 is 0 Å². The first-order valence-corrected chi connectivity index (χ1v) is 19.3. The summed E-state index contributed by atoms with van der Waals surface area (Å²) in [6, 6.07) is 5.56. The number of morpholine rings is 1. The van der Waals surface area contributed by atoms with Gasteiger partial charge in [0.05, 0.1) is 38.7 Å². The van der Waals surface area contributed by atoms with E-state index in [1.807, 2.05) is 18.2 Å². The minimum absolute atomic E-state index is 0.00194. The molecule has 2 saturated carbocycles. The van der Waals surface area contributed by atoms with Crippen LogP contribution in [0.3, 0.4) is 0 Å². The number of aromatic nitrogens is 3. The lowest BCUT2D eigenvalue weighted by atomic mass is 9.64. The van der Waals surface area contributed by atoms with E-state index in [9.17, 15) is 9.59 Å². The Kier molecular flexibility index (Phi) is 12.2. The molecule has 292 valence electrons. The van der Waals surface area contributed by atoms with Gasteiger partial charge in [-0.25, -0.2) is 23.9 Å². The maximum Gasteiger partial charge on any atom is 0.415 e. The lowest BCUT2D eigenvalue weighted by Gasteiger charge is -2.45. The number of H-pyrrole nitrogens is 1. The van der Waals surface area contributed by atoms with Crippen molar-refractivity contribution in [3.63, 3.8) is 0 Å². The highest BCUT2D eigenvalue weighted by atomic mass is 16.6. The second-order valence-corrected chi connectivity index (χ2v) is 16.3. The molecule has 0 bridgehead atoms. The fourth-order valence-corrected chi connectivity index (χ4v) is 8.19. The van der Waals surface area contributed by atoms with Crippen LogP contribution in [0.5, 0.6) is 11.6 Å². The molecular formula is C41H56N6O7. The zero-order valence-corrected chi connectivity index (χ0v) is 32.8. The topological polar surface area (TPSA) is 133 Å². The quantitative estimate of drug-likeness (QED) is 0.0906. The zero-order chi connectivity index (χ0) is 38.6. The Morgan fingerprint density at radius 2 is 1.87 bits per heavy atom. The predicted molar refractivity (Wildman–Crippen MR) is 206 cm³/mol. The molecule has 1 amide bonds. The van der Waals surface area contributed by atoms with Gasteiger partial charge in [-0.2, -0.15) is 0 Å². The average molecular weight is 745 g/mol. The number of rotatable bonds is 10. The van der Waals surface area contributed by atoms with Crippen LogP contribution in [-0.4, -0.2) is 83.9 Å². The zero-order valence-electron chi connectivity index (χ0n) is 32.8. The summed E-state index contributed by atoms with van der Waals surface area (Å²) in [6.45, 7) is 22.9. The van der Waals surface area contributed by atoms with Crippen molar-refractivity contribution < 1.29 is 33.3 Å². The van der Waals surface area contributed by atoms with Crippen molar-refractivity contribution in [3.05, 3.63) is 46.8 Å². The first-order valence-electron chi connectivity index (χ1n) is 19.3. The van der Waals surface area contributed by atoms with E-state index < -0.39 is 18.2 Å². The second kappa shape index (κ2) is 16.9. The van der Waals surface area contributed by atoms with Gasteiger partial charge < -0.3 is 33.9 Å². The van der Waals surface area contributed by atoms with Gasteiger partial charge >= 0.3 is 12.1 Å². The summed E-state index contributed by atoms with van der Waals surface area (Å²) < 4.78 is 31.1. The van der Waals surface area contributed by atoms with Gasteiger partial charge in [0.25, 0.3) is 5.69 Å².